The number of hydrazone groups is 1. The summed E-state index contributed by atoms with van der Waals surface area (Å²) < 4.78 is 6.36. The zero-order valence-corrected chi connectivity index (χ0v) is 19.3. The number of hydrogen-bond acceptors (Lipinski definition) is 10. The second-order valence-corrected chi connectivity index (χ2v) is 8.05. The fourth-order valence-corrected chi connectivity index (χ4v) is 3.49. The second-order valence-electron chi connectivity index (χ2n) is 7.13. The molecule has 3 aromatic rings. The van der Waals surface area contributed by atoms with E-state index in [0.717, 1.165) is 15.7 Å². The van der Waals surface area contributed by atoms with Gasteiger partial charge >= 0.3 is 0 Å². The van der Waals surface area contributed by atoms with Crippen molar-refractivity contribution >= 4 is 50.9 Å². The molecule has 12 heteroatoms. The van der Waals surface area contributed by atoms with Gasteiger partial charge in [-0.1, -0.05) is 22.0 Å². The van der Waals surface area contributed by atoms with Gasteiger partial charge in [-0.05, 0) is 42.8 Å². The number of halogens is 1. The normalized spacial score (nSPS) is 14.1. The second kappa shape index (κ2) is 10.3. The number of nitro groups is 1. The summed E-state index contributed by atoms with van der Waals surface area (Å²) in [5, 5.41) is 18.4. The first-order chi connectivity index (χ1) is 16.0. The van der Waals surface area contributed by atoms with Gasteiger partial charge in [0.2, 0.25) is 17.8 Å². The van der Waals surface area contributed by atoms with Crippen LogP contribution < -0.4 is 15.6 Å². The Labute approximate surface area is 198 Å². The monoisotopic (exact) mass is 512 g/mol. The molecule has 0 saturated carbocycles. The highest BCUT2D eigenvalue weighted by Crippen LogP contribution is 2.21. The average Bonchev–Trinajstić information content (AvgIpc) is 2.83. The summed E-state index contributed by atoms with van der Waals surface area (Å²) in [6.07, 6.45) is 0. The number of aromatic nitrogens is 3. The summed E-state index contributed by atoms with van der Waals surface area (Å²) in [5.74, 6) is 1.15. The van der Waals surface area contributed by atoms with Crippen LogP contribution in [0.3, 0.4) is 0 Å². The van der Waals surface area contributed by atoms with E-state index in [0.29, 0.717) is 43.9 Å². The number of anilines is 4. The lowest BCUT2D eigenvalue weighted by molar-refractivity contribution is -0.384. The summed E-state index contributed by atoms with van der Waals surface area (Å²) in [5.41, 5.74) is 5.09. The molecule has 0 atom stereocenters. The van der Waals surface area contributed by atoms with E-state index < -0.39 is 4.92 Å². The molecule has 0 radical (unpaired) electrons. The molecule has 4 rings (SSSR count). The predicted octanol–water partition coefficient (Wildman–Crippen LogP) is 3.96. The van der Waals surface area contributed by atoms with Crippen LogP contribution in [0, 0.1) is 10.1 Å². The third kappa shape index (κ3) is 5.99. The van der Waals surface area contributed by atoms with Gasteiger partial charge < -0.3 is 15.0 Å². The molecule has 2 heterocycles. The standard InChI is InChI=1S/C21H21BrN8O3/c1-14(15-5-7-18(8-6-15)30(31)32)27-28-20-24-19(23-17-4-2-3-16(22)13-17)25-21(26-20)29-9-11-33-12-10-29/h2-8,13H,9-12H2,1H3,(H2,23,24,25,26,28). The quantitative estimate of drug-likeness (QED) is 0.274. The van der Waals surface area contributed by atoms with Gasteiger partial charge in [0.25, 0.3) is 5.69 Å². The van der Waals surface area contributed by atoms with Crippen LogP contribution in [0.25, 0.3) is 0 Å². The molecule has 0 unspecified atom stereocenters. The van der Waals surface area contributed by atoms with Crippen LogP contribution in [0.5, 0.6) is 0 Å². The molecule has 0 spiro atoms. The van der Waals surface area contributed by atoms with E-state index in [-0.39, 0.29) is 11.6 Å². The molecule has 1 aliphatic heterocycles. The van der Waals surface area contributed by atoms with Crippen molar-refractivity contribution in [3.63, 3.8) is 0 Å². The highest BCUT2D eigenvalue weighted by Gasteiger charge is 2.17. The minimum atomic E-state index is -0.438. The number of morpholine rings is 1. The van der Waals surface area contributed by atoms with Crippen molar-refractivity contribution in [2.24, 2.45) is 5.10 Å². The first-order valence-corrected chi connectivity index (χ1v) is 10.9. The molecule has 1 saturated heterocycles. The Hall–Kier alpha value is -3.64. The number of nitro benzene ring substituents is 1. The van der Waals surface area contributed by atoms with Gasteiger partial charge in [0, 0.05) is 35.4 Å². The molecule has 2 N–H and O–H groups in total. The van der Waals surface area contributed by atoms with Crippen molar-refractivity contribution in [2.45, 2.75) is 6.92 Å². The summed E-state index contributed by atoms with van der Waals surface area (Å²) >= 11 is 3.46. The number of rotatable bonds is 7. The molecule has 0 bridgehead atoms. The topological polar surface area (TPSA) is 131 Å². The first-order valence-electron chi connectivity index (χ1n) is 10.1. The molecule has 11 nitrogen and oxygen atoms in total. The molecule has 170 valence electrons. The lowest BCUT2D eigenvalue weighted by Gasteiger charge is -2.27. The lowest BCUT2D eigenvalue weighted by atomic mass is 10.1. The van der Waals surface area contributed by atoms with E-state index in [2.05, 4.69) is 46.7 Å². The van der Waals surface area contributed by atoms with Crippen LogP contribution in [0.1, 0.15) is 12.5 Å². The zero-order valence-electron chi connectivity index (χ0n) is 17.7. The highest BCUT2D eigenvalue weighted by molar-refractivity contribution is 9.10. The molecule has 1 aliphatic rings. The van der Waals surface area contributed by atoms with Crippen LogP contribution in [-0.2, 0) is 4.74 Å². The molecule has 0 aliphatic carbocycles. The third-order valence-electron chi connectivity index (χ3n) is 4.82. The SMILES string of the molecule is CC(=NNc1nc(Nc2cccc(Br)c2)nc(N2CCOCC2)n1)c1ccc([N+](=O)[O-])cc1. The van der Waals surface area contributed by atoms with E-state index in [1.807, 2.05) is 29.2 Å². The summed E-state index contributed by atoms with van der Waals surface area (Å²) in [7, 11) is 0. The van der Waals surface area contributed by atoms with Crippen molar-refractivity contribution in [1.29, 1.82) is 0 Å². The first kappa shape index (κ1) is 22.6. The number of non-ortho nitro benzene ring substituents is 1. The maximum Gasteiger partial charge on any atom is 0.269 e. The molecule has 1 aromatic heterocycles. The molecular formula is C21H21BrN8O3. The Morgan fingerprint density at radius 3 is 2.55 bits per heavy atom. The molecular weight excluding hydrogens is 492 g/mol. The molecule has 0 amide bonds. The van der Waals surface area contributed by atoms with E-state index >= 15 is 0 Å². The van der Waals surface area contributed by atoms with Crippen molar-refractivity contribution in [1.82, 2.24) is 15.0 Å². The van der Waals surface area contributed by atoms with E-state index in [9.17, 15) is 10.1 Å². The number of nitrogens with one attached hydrogen (secondary N) is 2. The Bertz CT molecular complexity index is 1170. The van der Waals surface area contributed by atoms with Crippen LogP contribution in [0.4, 0.5) is 29.2 Å². The van der Waals surface area contributed by atoms with E-state index in [1.165, 1.54) is 12.1 Å². The van der Waals surface area contributed by atoms with Crippen molar-refractivity contribution in [2.75, 3.05) is 41.9 Å². The lowest BCUT2D eigenvalue weighted by Crippen LogP contribution is -2.37. The summed E-state index contributed by atoms with van der Waals surface area (Å²) in [4.78, 5) is 26.0. The minimum Gasteiger partial charge on any atom is -0.378 e. The van der Waals surface area contributed by atoms with Gasteiger partial charge in [0.15, 0.2) is 0 Å². The molecule has 2 aromatic carbocycles. The highest BCUT2D eigenvalue weighted by atomic mass is 79.9. The van der Waals surface area contributed by atoms with Gasteiger partial charge in [-0.25, -0.2) is 5.43 Å². The van der Waals surface area contributed by atoms with Crippen molar-refractivity contribution in [3.8, 4) is 0 Å². The van der Waals surface area contributed by atoms with Crippen molar-refractivity contribution in [3.05, 3.63) is 68.7 Å². The molecule has 1 fully saturated rings. The fourth-order valence-electron chi connectivity index (χ4n) is 3.09. The van der Waals surface area contributed by atoms with E-state index in [1.54, 1.807) is 19.1 Å². The zero-order chi connectivity index (χ0) is 23.2. The van der Waals surface area contributed by atoms with Crippen LogP contribution in [0.2, 0.25) is 0 Å². The number of ether oxygens (including phenoxy) is 1. The Kier molecular flexibility index (Phi) is 7.05. The molecule has 33 heavy (non-hydrogen) atoms. The van der Waals surface area contributed by atoms with Gasteiger partial charge in [0.1, 0.15) is 0 Å². The fraction of sp³-hybridized carbons (Fsp3) is 0.238. The summed E-state index contributed by atoms with van der Waals surface area (Å²) in [6, 6.07) is 13.8. The number of hydrogen-bond donors (Lipinski definition) is 2. The van der Waals surface area contributed by atoms with Gasteiger partial charge in [0.05, 0.1) is 23.8 Å². The largest absolute Gasteiger partial charge is 0.378 e. The third-order valence-corrected chi connectivity index (χ3v) is 5.31. The Balaban J connectivity index is 1.58. The average molecular weight is 513 g/mol. The Morgan fingerprint density at radius 2 is 1.85 bits per heavy atom. The summed E-state index contributed by atoms with van der Waals surface area (Å²) in [6.45, 7) is 4.33. The number of benzene rings is 2. The maximum atomic E-state index is 10.9. The van der Waals surface area contributed by atoms with Crippen LogP contribution in [-0.4, -0.2) is 51.9 Å². The number of nitrogens with zero attached hydrogens (tertiary/aromatic N) is 6. The maximum absolute atomic E-state index is 10.9. The van der Waals surface area contributed by atoms with Crippen LogP contribution >= 0.6 is 15.9 Å². The van der Waals surface area contributed by atoms with E-state index in [4.69, 9.17) is 4.74 Å². The minimum absolute atomic E-state index is 0.0235. The van der Waals surface area contributed by atoms with Gasteiger partial charge in [-0.3, -0.25) is 10.1 Å². The Morgan fingerprint density at radius 1 is 1.12 bits per heavy atom. The van der Waals surface area contributed by atoms with Gasteiger partial charge in [-0.15, -0.1) is 0 Å². The predicted molar refractivity (Wildman–Crippen MR) is 129 cm³/mol. The van der Waals surface area contributed by atoms with Crippen LogP contribution in [0.15, 0.2) is 58.1 Å². The van der Waals surface area contributed by atoms with Gasteiger partial charge in [-0.2, -0.15) is 20.1 Å². The smallest absolute Gasteiger partial charge is 0.269 e. The van der Waals surface area contributed by atoms with Crippen molar-refractivity contribution < 1.29 is 9.66 Å².